The fourth-order valence-corrected chi connectivity index (χ4v) is 3.44. The highest BCUT2D eigenvalue weighted by molar-refractivity contribution is 7.15. The second-order valence-electron chi connectivity index (χ2n) is 4.99. The number of nitrogens with zero attached hydrogens (tertiary/aromatic N) is 2. The molecule has 0 amide bonds. The van der Waals surface area contributed by atoms with Gasteiger partial charge in [-0.1, -0.05) is 53.5 Å². The highest BCUT2D eigenvalue weighted by Crippen LogP contribution is 2.31. The number of halogens is 2. The molecule has 24 heavy (non-hydrogen) atoms. The minimum Gasteiger partial charge on any atom is -0.506 e. The van der Waals surface area contributed by atoms with Crippen molar-refractivity contribution < 1.29 is 5.11 Å². The van der Waals surface area contributed by atoms with Gasteiger partial charge in [0.1, 0.15) is 5.75 Å². The first kappa shape index (κ1) is 16.8. The van der Waals surface area contributed by atoms with Crippen LogP contribution in [0.1, 0.15) is 10.4 Å². The van der Waals surface area contributed by atoms with E-state index in [0.717, 1.165) is 16.1 Å². The van der Waals surface area contributed by atoms with Gasteiger partial charge in [0.15, 0.2) is 0 Å². The number of phenols is 1. The number of benzene rings is 2. The number of hydrazone groups is 1. The van der Waals surface area contributed by atoms with E-state index in [1.807, 2.05) is 37.3 Å². The summed E-state index contributed by atoms with van der Waals surface area (Å²) in [6, 6.07) is 13.0. The van der Waals surface area contributed by atoms with Crippen LogP contribution in [0.25, 0.3) is 11.3 Å². The molecule has 122 valence electrons. The molecule has 2 aromatic carbocycles. The summed E-state index contributed by atoms with van der Waals surface area (Å²) in [6.45, 7) is 2.01. The summed E-state index contributed by atoms with van der Waals surface area (Å²) in [5, 5.41) is 15.3. The minimum atomic E-state index is -0.0630. The van der Waals surface area contributed by atoms with E-state index in [0.29, 0.717) is 15.7 Å². The summed E-state index contributed by atoms with van der Waals surface area (Å²) in [7, 11) is 0. The van der Waals surface area contributed by atoms with Gasteiger partial charge < -0.3 is 5.11 Å². The zero-order valence-electron chi connectivity index (χ0n) is 12.6. The Bertz CT molecular complexity index is 894. The summed E-state index contributed by atoms with van der Waals surface area (Å²) in [6.07, 6.45) is 1.45. The third kappa shape index (κ3) is 3.70. The number of phenolic OH excluding ortho intramolecular Hbond substituents is 1. The van der Waals surface area contributed by atoms with E-state index in [9.17, 15) is 5.11 Å². The maximum absolute atomic E-state index is 9.89. The molecule has 0 saturated carbocycles. The third-order valence-electron chi connectivity index (χ3n) is 3.27. The van der Waals surface area contributed by atoms with Gasteiger partial charge in [-0.25, -0.2) is 4.98 Å². The first-order valence-electron chi connectivity index (χ1n) is 7.04. The van der Waals surface area contributed by atoms with E-state index >= 15 is 0 Å². The summed E-state index contributed by atoms with van der Waals surface area (Å²) in [4.78, 5) is 5.64. The summed E-state index contributed by atoms with van der Waals surface area (Å²) >= 11 is 13.3. The number of hydrogen-bond donors (Lipinski definition) is 2. The Labute approximate surface area is 153 Å². The highest BCUT2D eigenvalue weighted by Gasteiger charge is 2.09. The number of nitrogens with one attached hydrogen (secondary N) is 1. The zero-order valence-corrected chi connectivity index (χ0v) is 15.0. The van der Waals surface area contributed by atoms with E-state index in [1.54, 1.807) is 6.07 Å². The molecule has 4 nitrogen and oxygen atoms in total. The van der Waals surface area contributed by atoms with Crippen molar-refractivity contribution in [3.05, 3.63) is 63.0 Å². The molecular formula is C17H13Cl2N3OS. The molecule has 0 aliphatic carbocycles. The van der Waals surface area contributed by atoms with Crippen molar-refractivity contribution in [2.45, 2.75) is 6.92 Å². The van der Waals surface area contributed by atoms with Crippen LogP contribution in [0.2, 0.25) is 10.0 Å². The lowest BCUT2D eigenvalue weighted by molar-refractivity contribution is 0.475. The Morgan fingerprint density at radius 1 is 1.21 bits per heavy atom. The summed E-state index contributed by atoms with van der Waals surface area (Å²) in [5.41, 5.74) is 5.28. The van der Waals surface area contributed by atoms with Gasteiger partial charge in [0.25, 0.3) is 0 Å². The standard InChI is InChI=1S/C17H13Cl2N3OS/c1-10-15(11-5-3-2-4-6-11)21-17(24-10)22-20-9-12-7-13(18)8-14(19)16(12)23/h2-9,23H,1H3,(H,21,22). The number of anilines is 1. The lowest BCUT2D eigenvalue weighted by Crippen LogP contribution is -1.91. The van der Waals surface area contributed by atoms with Crippen molar-refractivity contribution in [1.82, 2.24) is 4.98 Å². The molecular weight excluding hydrogens is 365 g/mol. The predicted molar refractivity (Wildman–Crippen MR) is 102 cm³/mol. The van der Waals surface area contributed by atoms with Gasteiger partial charge in [0.2, 0.25) is 5.13 Å². The van der Waals surface area contributed by atoms with Crippen molar-refractivity contribution in [3.63, 3.8) is 0 Å². The van der Waals surface area contributed by atoms with Gasteiger partial charge in [0, 0.05) is 21.0 Å². The van der Waals surface area contributed by atoms with Crippen LogP contribution in [0, 0.1) is 6.92 Å². The SMILES string of the molecule is Cc1sc(NN=Cc2cc(Cl)cc(Cl)c2O)nc1-c1ccccc1. The molecule has 3 rings (SSSR count). The molecule has 0 radical (unpaired) electrons. The van der Waals surface area contributed by atoms with Crippen LogP contribution in [0.5, 0.6) is 5.75 Å². The molecule has 1 heterocycles. The molecule has 0 bridgehead atoms. The van der Waals surface area contributed by atoms with Crippen molar-refractivity contribution >= 4 is 45.9 Å². The van der Waals surface area contributed by atoms with Crippen LogP contribution in [-0.4, -0.2) is 16.3 Å². The lowest BCUT2D eigenvalue weighted by atomic mass is 10.1. The van der Waals surface area contributed by atoms with Crippen LogP contribution in [0.3, 0.4) is 0 Å². The quantitative estimate of drug-likeness (QED) is 0.461. The van der Waals surface area contributed by atoms with Gasteiger partial charge in [-0.05, 0) is 19.1 Å². The van der Waals surface area contributed by atoms with E-state index in [4.69, 9.17) is 23.2 Å². The second kappa shape index (κ2) is 7.21. The van der Waals surface area contributed by atoms with Crippen LogP contribution < -0.4 is 5.43 Å². The van der Waals surface area contributed by atoms with E-state index in [2.05, 4.69) is 15.5 Å². The first-order chi connectivity index (χ1) is 11.5. The molecule has 3 aromatic rings. The maximum atomic E-state index is 9.89. The van der Waals surface area contributed by atoms with Crippen LogP contribution in [0.4, 0.5) is 5.13 Å². The summed E-state index contributed by atoms with van der Waals surface area (Å²) in [5.74, 6) is -0.0630. The van der Waals surface area contributed by atoms with Crippen molar-refractivity contribution in [1.29, 1.82) is 0 Å². The second-order valence-corrected chi connectivity index (χ2v) is 7.03. The maximum Gasteiger partial charge on any atom is 0.204 e. The van der Waals surface area contributed by atoms with Gasteiger partial charge in [-0.2, -0.15) is 5.10 Å². The number of aryl methyl sites for hydroxylation is 1. The molecule has 2 N–H and O–H groups in total. The predicted octanol–water partition coefficient (Wildman–Crippen LogP) is 5.58. The van der Waals surface area contributed by atoms with Gasteiger partial charge in [-0.15, -0.1) is 11.3 Å². The average molecular weight is 378 g/mol. The number of aromatic nitrogens is 1. The Hall–Kier alpha value is -2.08. The van der Waals surface area contributed by atoms with Crippen molar-refractivity contribution in [3.8, 4) is 17.0 Å². The fraction of sp³-hybridized carbons (Fsp3) is 0.0588. The molecule has 1 aromatic heterocycles. The molecule has 7 heteroatoms. The minimum absolute atomic E-state index is 0.0630. The topological polar surface area (TPSA) is 57.5 Å². The molecule has 0 fully saturated rings. The number of thiazole rings is 1. The average Bonchev–Trinajstić information content (AvgIpc) is 2.93. The Kier molecular flexibility index (Phi) is 5.04. The Morgan fingerprint density at radius 2 is 1.96 bits per heavy atom. The number of rotatable bonds is 4. The number of aromatic hydroxyl groups is 1. The third-order valence-corrected chi connectivity index (χ3v) is 4.65. The van der Waals surface area contributed by atoms with Crippen LogP contribution >= 0.6 is 34.5 Å². The van der Waals surface area contributed by atoms with E-state index in [-0.39, 0.29) is 10.8 Å². The lowest BCUT2D eigenvalue weighted by Gasteiger charge is -2.02. The molecule has 0 aliphatic rings. The zero-order chi connectivity index (χ0) is 17.1. The fourth-order valence-electron chi connectivity index (χ4n) is 2.15. The highest BCUT2D eigenvalue weighted by atomic mass is 35.5. The first-order valence-corrected chi connectivity index (χ1v) is 8.62. The van der Waals surface area contributed by atoms with Crippen LogP contribution in [0.15, 0.2) is 47.6 Å². The normalized spacial score (nSPS) is 11.1. The summed E-state index contributed by atoms with van der Waals surface area (Å²) < 4.78 is 0. The monoisotopic (exact) mass is 377 g/mol. The van der Waals surface area contributed by atoms with E-state index < -0.39 is 0 Å². The van der Waals surface area contributed by atoms with E-state index in [1.165, 1.54) is 23.6 Å². The van der Waals surface area contributed by atoms with Crippen molar-refractivity contribution in [2.75, 3.05) is 5.43 Å². The van der Waals surface area contributed by atoms with Gasteiger partial charge in [0.05, 0.1) is 16.9 Å². The molecule has 0 saturated heterocycles. The van der Waals surface area contributed by atoms with Gasteiger partial charge >= 0.3 is 0 Å². The van der Waals surface area contributed by atoms with Crippen LogP contribution in [-0.2, 0) is 0 Å². The number of hydrogen-bond acceptors (Lipinski definition) is 5. The molecule has 0 atom stereocenters. The smallest absolute Gasteiger partial charge is 0.204 e. The van der Waals surface area contributed by atoms with Gasteiger partial charge in [-0.3, -0.25) is 5.43 Å². The molecule has 0 aliphatic heterocycles. The molecule has 0 unspecified atom stereocenters. The molecule has 0 spiro atoms. The Morgan fingerprint density at radius 3 is 2.71 bits per heavy atom. The largest absolute Gasteiger partial charge is 0.506 e. The Balaban J connectivity index is 1.79. The van der Waals surface area contributed by atoms with Crippen molar-refractivity contribution in [2.24, 2.45) is 5.10 Å².